The smallest absolute Gasteiger partial charge is 0.0345 e. The standard InChI is InChI=1S/C13H16/c1-2-4-6-8-10-12-13-11-9-7-5-3-1/h1-10H,11-13H2/b2-1+,5-3-,6-4+,9-7+,10-8+. The van der Waals surface area contributed by atoms with Crippen molar-refractivity contribution in [1.82, 2.24) is 0 Å². The fraction of sp³-hybridized carbons (Fsp3) is 0.231. The van der Waals surface area contributed by atoms with Gasteiger partial charge < -0.3 is 0 Å². The average molecular weight is 172 g/mol. The van der Waals surface area contributed by atoms with Crippen molar-refractivity contribution in [3.63, 3.8) is 0 Å². The molecular formula is C13H16. The molecule has 0 bridgehead atoms. The molecule has 0 unspecified atom stereocenters. The zero-order valence-electron chi connectivity index (χ0n) is 7.89. The first-order valence-electron chi connectivity index (χ1n) is 4.82. The minimum absolute atomic E-state index is 1.17. The Morgan fingerprint density at radius 2 is 0.846 bits per heavy atom. The van der Waals surface area contributed by atoms with Crippen LogP contribution in [0.3, 0.4) is 0 Å². The molecule has 0 heterocycles. The second kappa shape index (κ2) is 7.35. The highest BCUT2D eigenvalue weighted by Gasteiger charge is 1.78. The number of hydrogen-bond donors (Lipinski definition) is 0. The molecule has 0 saturated carbocycles. The zero-order valence-corrected chi connectivity index (χ0v) is 7.89. The van der Waals surface area contributed by atoms with E-state index in [2.05, 4.69) is 36.5 Å². The first kappa shape index (κ1) is 9.79. The van der Waals surface area contributed by atoms with Crippen molar-refractivity contribution >= 4 is 0 Å². The van der Waals surface area contributed by atoms with E-state index in [0.717, 1.165) is 0 Å². The lowest BCUT2D eigenvalue weighted by atomic mass is 10.2. The van der Waals surface area contributed by atoms with Gasteiger partial charge in [0.1, 0.15) is 0 Å². The number of rotatable bonds is 0. The van der Waals surface area contributed by atoms with Crippen molar-refractivity contribution < 1.29 is 0 Å². The molecule has 0 saturated heterocycles. The van der Waals surface area contributed by atoms with Crippen molar-refractivity contribution in [2.75, 3.05) is 0 Å². The summed E-state index contributed by atoms with van der Waals surface area (Å²) in [5.41, 5.74) is 0. The molecule has 0 atom stereocenters. The molecule has 1 aliphatic carbocycles. The van der Waals surface area contributed by atoms with Crippen LogP contribution < -0.4 is 0 Å². The third-order valence-electron chi connectivity index (χ3n) is 1.79. The topological polar surface area (TPSA) is 0 Å². The van der Waals surface area contributed by atoms with E-state index in [4.69, 9.17) is 0 Å². The maximum absolute atomic E-state index is 2.21. The van der Waals surface area contributed by atoms with Crippen LogP contribution in [0.1, 0.15) is 19.3 Å². The van der Waals surface area contributed by atoms with E-state index < -0.39 is 0 Å². The van der Waals surface area contributed by atoms with Crippen LogP contribution in [0.2, 0.25) is 0 Å². The fourth-order valence-corrected chi connectivity index (χ4v) is 1.09. The Balaban J connectivity index is 2.51. The quantitative estimate of drug-likeness (QED) is 0.519. The molecule has 0 heteroatoms. The molecule has 0 aliphatic heterocycles. The Labute approximate surface area is 80.7 Å². The van der Waals surface area contributed by atoms with Crippen molar-refractivity contribution in [3.05, 3.63) is 60.8 Å². The summed E-state index contributed by atoms with van der Waals surface area (Å²) in [6, 6.07) is 0. The van der Waals surface area contributed by atoms with Gasteiger partial charge in [-0.3, -0.25) is 0 Å². The van der Waals surface area contributed by atoms with E-state index in [1.54, 1.807) is 0 Å². The lowest BCUT2D eigenvalue weighted by Gasteiger charge is -1.87. The van der Waals surface area contributed by atoms with Gasteiger partial charge in [0.05, 0.1) is 0 Å². The monoisotopic (exact) mass is 172 g/mol. The average Bonchev–Trinajstić information content (AvgIpc) is 2.18. The van der Waals surface area contributed by atoms with Crippen LogP contribution >= 0.6 is 0 Å². The maximum atomic E-state index is 2.21. The van der Waals surface area contributed by atoms with Crippen LogP contribution in [0.25, 0.3) is 0 Å². The van der Waals surface area contributed by atoms with Gasteiger partial charge in [-0.15, -0.1) is 0 Å². The third kappa shape index (κ3) is 5.92. The predicted molar refractivity (Wildman–Crippen MR) is 59.6 cm³/mol. The Hall–Kier alpha value is -1.30. The molecule has 1 aliphatic rings. The summed E-state index contributed by atoms with van der Waals surface area (Å²) >= 11 is 0. The van der Waals surface area contributed by atoms with E-state index in [0.29, 0.717) is 0 Å². The lowest BCUT2D eigenvalue weighted by molar-refractivity contribution is 0.868. The molecule has 1 rings (SSSR count). The van der Waals surface area contributed by atoms with Crippen molar-refractivity contribution in [1.29, 1.82) is 0 Å². The first-order valence-corrected chi connectivity index (χ1v) is 4.82. The van der Waals surface area contributed by atoms with E-state index in [-0.39, 0.29) is 0 Å². The maximum Gasteiger partial charge on any atom is -0.0345 e. The molecule has 0 aromatic carbocycles. The predicted octanol–water partition coefficient (Wildman–Crippen LogP) is 3.95. The van der Waals surface area contributed by atoms with Gasteiger partial charge in [-0.05, 0) is 19.3 Å². The van der Waals surface area contributed by atoms with Gasteiger partial charge in [0, 0.05) is 0 Å². The van der Waals surface area contributed by atoms with E-state index in [1.807, 2.05) is 24.3 Å². The van der Waals surface area contributed by atoms with Crippen molar-refractivity contribution in [3.8, 4) is 0 Å². The van der Waals surface area contributed by atoms with E-state index in [9.17, 15) is 0 Å². The normalized spacial score (nSPS) is 30.2. The van der Waals surface area contributed by atoms with Gasteiger partial charge in [-0.1, -0.05) is 60.8 Å². The molecule has 0 amide bonds. The van der Waals surface area contributed by atoms with Crippen molar-refractivity contribution in [2.45, 2.75) is 19.3 Å². The fourth-order valence-electron chi connectivity index (χ4n) is 1.09. The molecule has 0 nitrogen and oxygen atoms in total. The SMILES string of the molecule is C1=C\C=C\CCC/C=C/C=C/C=C/1. The second-order valence-electron chi connectivity index (χ2n) is 2.94. The molecule has 0 fully saturated rings. The zero-order chi connectivity index (χ0) is 9.19. The molecule has 68 valence electrons. The molecule has 13 heavy (non-hydrogen) atoms. The van der Waals surface area contributed by atoms with Crippen LogP contribution in [0, 0.1) is 0 Å². The summed E-state index contributed by atoms with van der Waals surface area (Å²) in [7, 11) is 0. The highest BCUT2D eigenvalue weighted by molar-refractivity contribution is 5.18. The molecule has 0 N–H and O–H groups in total. The summed E-state index contributed by atoms with van der Waals surface area (Å²) in [6.07, 6.45) is 24.5. The van der Waals surface area contributed by atoms with Crippen LogP contribution in [-0.4, -0.2) is 0 Å². The summed E-state index contributed by atoms with van der Waals surface area (Å²) in [5.74, 6) is 0. The van der Waals surface area contributed by atoms with Gasteiger partial charge in [-0.25, -0.2) is 0 Å². The van der Waals surface area contributed by atoms with E-state index in [1.165, 1.54) is 19.3 Å². The largest absolute Gasteiger partial charge is 0.0845 e. The third-order valence-corrected chi connectivity index (χ3v) is 1.79. The molecule has 0 radical (unpaired) electrons. The number of allylic oxidation sites excluding steroid dienone is 10. The van der Waals surface area contributed by atoms with Gasteiger partial charge in [0.15, 0.2) is 0 Å². The van der Waals surface area contributed by atoms with Gasteiger partial charge >= 0.3 is 0 Å². The Bertz CT molecular complexity index is 223. The van der Waals surface area contributed by atoms with Crippen LogP contribution in [0.5, 0.6) is 0 Å². The van der Waals surface area contributed by atoms with E-state index >= 15 is 0 Å². The summed E-state index contributed by atoms with van der Waals surface area (Å²) in [4.78, 5) is 0. The number of hydrogen-bond acceptors (Lipinski definition) is 0. The van der Waals surface area contributed by atoms with Crippen LogP contribution in [-0.2, 0) is 0 Å². The van der Waals surface area contributed by atoms with Gasteiger partial charge in [-0.2, -0.15) is 0 Å². The highest BCUT2D eigenvalue weighted by Crippen LogP contribution is 1.99. The van der Waals surface area contributed by atoms with Crippen LogP contribution in [0.4, 0.5) is 0 Å². The Kier molecular flexibility index (Phi) is 5.54. The van der Waals surface area contributed by atoms with Gasteiger partial charge in [0.25, 0.3) is 0 Å². The van der Waals surface area contributed by atoms with Crippen LogP contribution in [0.15, 0.2) is 60.8 Å². The highest BCUT2D eigenvalue weighted by atomic mass is 13.8. The Morgan fingerprint density at radius 3 is 1.31 bits per heavy atom. The summed E-state index contributed by atoms with van der Waals surface area (Å²) in [5, 5.41) is 0. The molecule has 0 aromatic heterocycles. The Morgan fingerprint density at radius 1 is 0.462 bits per heavy atom. The minimum atomic E-state index is 1.17. The van der Waals surface area contributed by atoms with Gasteiger partial charge in [0.2, 0.25) is 0 Å². The van der Waals surface area contributed by atoms with Crippen molar-refractivity contribution in [2.24, 2.45) is 0 Å². The first-order chi connectivity index (χ1) is 6.50. The molecule has 0 aromatic rings. The molecule has 0 spiro atoms. The summed E-state index contributed by atoms with van der Waals surface area (Å²) in [6.45, 7) is 0. The lowest BCUT2D eigenvalue weighted by Crippen LogP contribution is -1.67. The summed E-state index contributed by atoms with van der Waals surface area (Å²) < 4.78 is 0. The minimum Gasteiger partial charge on any atom is -0.0845 e. The second-order valence-corrected chi connectivity index (χ2v) is 2.94. The molecular weight excluding hydrogens is 156 g/mol.